The van der Waals surface area contributed by atoms with E-state index in [4.69, 9.17) is 11.6 Å². The Balaban J connectivity index is 1.67. The molecule has 0 fully saturated rings. The van der Waals surface area contributed by atoms with E-state index in [1.165, 1.54) is 12.1 Å². The van der Waals surface area contributed by atoms with Gasteiger partial charge in [-0.05, 0) is 63.2 Å². The third kappa shape index (κ3) is 3.93. The molecule has 1 aliphatic rings. The van der Waals surface area contributed by atoms with E-state index in [9.17, 15) is 9.18 Å². The summed E-state index contributed by atoms with van der Waals surface area (Å²) in [5.74, 6) is -0.00236. The topological polar surface area (TPSA) is 61.4 Å². The van der Waals surface area contributed by atoms with Gasteiger partial charge in [-0.1, -0.05) is 11.6 Å². The van der Waals surface area contributed by atoms with E-state index in [1.807, 2.05) is 25.1 Å². The number of hydrogen-bond acceptors (Lipinski definition) is 5. The number of carbonyl (C=O) groups is 1. The molecule has 160 valence electrons. The predicted molar refractivity (Wildman–Crippen MR) is 123 cm³/mol. The Labute approximate surface area is 185 Å². The Bertz CT molecular complexity index is 1150. The summed E-state index contributed by atoms with van der Waals surface area (Å²) < 4.78 is 13.5. The van der Waals surface area contributed by atoms with Crippen LogP contribution in [0.25, 0.3) is 11.3 Å². The third-order valence-electron chi connectivity index (χ3n) is 5.40. The van der Waals surface area contributed by atoms with Crippen molar-refractivity contribution in [1.29, 1.82) is 0 Å². The second-order valence-corrected chi connectivity index (χ2v) is 8.20. The van der Waals surface area contributed by atoms with Crippen LogP contribution in [0.2, 0.25) is 5.02 Å². The summed E-state index contributed by atoms with van der Waals surface area (Å²) in [5.41, 5.74) is 3.95. The largest absolute Gasteiger partial charge is 0.356 e. The molecule has 4 rings (SSSR count). The van der Waals surface area contributed by atoms with Crippen molar-refractivity contribution in [3.63, 3.8) is 0 Å². The zero-order valence-electron chi connectivity index (χ0n) is 17.7. The SMILES string of the molecule is CC(C)N1c2cc(Nc3nccc(-c4ccc(F)c(Cl)c4)n3)ccc2N(C)C(=O)C1C. The number of anilines is 4. The molecule has 1 atom stereocenters. The van der Waals surface area contributed by atoms with Gasteiger partial charge in [-0.2, -0.15) is 0 Å². The van der Waals surface area contributed by atoms with Gasteiger partial charge in [0, 0.05) is 30.5 Å². The highest BCUT2D eigenvalue weighted by atomic mass is 35.5. The minimum atomic E-state index is -0.473. The van der Waals surface area contributed by atoms with Crippen LogP contribution in [-0.2, 0) is 4.79 Å². The molecule has 1 amide bonds. The maximum Gasteiger partial charge on any atom is 0.249 e. The Morgan fingerprint density at radius 2 is 1.90 bits per heavy atom. The average Bonchev–Trinajstić information content (AvgIpc) is 2.74. The second-order valence-electron chi connectivity index (χ2n) is 7.80. The molecule has 1 aromatic heterocycles. The van der Waals surface area contributed by atoms with E-state index in [2.05, 4.69) is 34.0 Å². The van der Waals surface area contributed by atoms with Gasteiger partial charge in [0.25, 0.3) is 0 Å². The smallest absolute Gasteiger partial charge is 0.249 e. The minimum Gasteiger partial charge on any atom is -0.356 e. The summed E-state index contributed by atoms with van der Waals surface area (Å²) in [6.45, 7) is 6.06. The number of likely N-dealkylation sites (N-methyl/N-ethyl adjacent to an activating group) is 1. The molecule has 1 N–H and O–H groups in total. The number of fused-ring (bicyclic) bond motifs is 1. The van der Waals surface area contributed by atoms with Gasteiger partial charge < -0.3 is 15.1 Å². The number of aromatic nitrogens is 2. The van der Waals surface area contributed by atoms with Crippen LogP contribution in [-0.4, -0.2) is 35.0 Å². The molecule has 6 nitrogen and oxygen atoms in total. The second kappa shape index (κ2) is 8.15. The maximum atomic E-state index is 13.5. The number of carbonyl (C=O) groups excluding carboxylic acids is 1. The zero-order chi connectivity index (χ0) is 22.3. The first-order chi connectivity index (χ1) is 14.8. The normalized spacial score (nSPS) is 16.0. The Kier molecular flexibility index (Phi) is 5.54. The van der Waals surface area contributed by atoms with Crippen molar-refractivity contribution < 1.29 is 9.18 Å². The first-order valence-corrected chi connectivity index (χ1v) is 10.4. The number of nitrogens with zero attached hydrogens (tertiary/aromatic N) is 4. The first kappa shape index (κ1) is 21.1. The van der Waals surface area contributed by atoms with Crippen LogP contribution in [0.15, 0.2) is 48.7 Å². The molecule has 1 aliphatic heterocycles. The highest BCUT2D eigenvalue weighted by Crippen LogP contribution is 2.39. The number of benzene rings is 2. The number of amides is 1. The Morgan fingerprint density at radius 3 is 2.61 bits per heavy atom. The van der Waals surface area contributed by atoms with Gasteiger partial charge in [0.1, 0.15) is 11.9 Å². The predicted octanol–water partition coefficient (Wildman–Crippen LogP) is 5.26. The number of hydrogen-bond donors (Lipinski definition) is 1. The van der Waals surface area contributed by atoms with E-state index >= 15 is 0 Å². The lowest BCUT2D eigenvalue weighted by atomic mass is 10.0. The standard InChI is InChI=1S/C23H23ClFN5O/c1-13(2)30-14(3)22(31)29(4)20-8-6-16(12-21(20)30)27-23-26-10-9-19(28-23)15-5-7-18(25)17(24)11-15/h5-14H,1-4H3,(H,26,27,28). The van der Waals surface area contributed by atoms with Gasteiger partial charge in [-0.25, -0.2) is 14.4 Å². The Hall–Kier alpha value is -3.19. The van der Waals surface area contributed by atoms with Gasteiger partial charge in [-0.3, -0.25) is 4.79 Å². The van der Waals surface area contributed by atoms with Crippen LogP contribution in [0.3, 0.4) is 0 Å². The lowest BCUT2D eigenvalue weighted by Gasteiger charge is -2.42. The van der Waals surface area contributed by atoms with E-state index in [-0.39, 0.29) is 23.0 Å². The minimum absolute atomic E-state index is 0.0434. The number of halogens is 2. The van der Waals surface area contributed by atoms with Gasteiger partial charge in [0.05, 0.1) is 22.1 Å². The van der Waals surface area contributed by atoms with E-state index in [0.29, 0.717) is 17.2 Å². The molecule has 0 radical (unpaired) electrons. The summed E-state index contributed by atoms with van der Waals surface area (Å²) in [6.07, 6.45) is 1.63. The maximum absolute atomic E-state index is 13.5. The molecule has 1 unspecified atom stereocenters. The number of nitrogens with one attached hydrogen (secondary N) is 1. The molecule has 3 aromatic rings. The molecule has 0 aliphatic carbocycles. The van der Waals surface area contributed by atoms with Crippen LogP contribution < -0.4 is 15.1 Å². The average molecular weight is 440 g/mol. The molecule has 2 aromatic carbocycles. The molecule has 0 bridgehead atoms. The van der Waals surface area contributed by atoms with Gasteiger partial charge in [-0.15, -0.1) is 0 Å². The lowest BCUT2D eigenvalue weighted by Crippen LogP contribution is -2.53. The monoisotopic (exact) mass is 439 g/mol. The van der Waals surface area contributed by atoms with Crippen molar-refractivity contribution in [1.82, 2.24) is 9.97 Å². The highest BCUT2D eigenvalue weighted by molar-refractivity contribution is 6.31. The van der Waals surface area contributed by atoms with Crippen LogP contribution in [0.5, 0.6) is 0 Å². The molecule has 31 heavy (non-hydrogen) atoms. The molecule has 8 heteroatoms. The molecular weight excluding hydrogens is 417 g/mol. The van der Waals surface area contributed by atoms with Crippen molar-refractivity contribution in [3.05, 3.63) is 59.5 Å². The summed E-state index contributed by atoms with van der Waals surface area (Å²) in [7, 11) is 1.79. The molecule has 2 heterocycles. The fourth-order valence-corrected chi connectivity index (χ4v) is 4.09. The fraction of sp³-hybridized carbons (Fsp3) is 0.261. The molecule has 0 spiro atoms. The van der Waals surface area contributed by atoms with Crippen LogP contribution in [0.1, 0.15) is 20.8 Å². The number of rotatable bonds is 4. The quantitative estimate of drug-likeness (QED) is 0.600. The van der Waals surface area contributed by atoms with Crippen molar-refractivity contribution >= 4 is 40.5 Å². The van der Waals surface area contributed by atoms with Crippen LogP contribution in [0, 0.1) is 5.82 Å². The van der Waals surface area contributed by atoms with Crippen LogP contribution >= 0.6 is 11.6 Å². The highest BCUT2D eigenvalue weighted by Gasteiger charge is 2.34. The molecule has 0 saturated carbocycles. The van der Waals surface area contributed by atoms with E-state index in [0.717, 1.165) is 17.1 Å². The van der Waals surface area contributed by atoms with Gasteiger partial charge in [0.2, 0.25) is 11.9 Å². The summed E-state index contributed by atoms with van der Waals surface area (Å²) in [5, 5.41) is 3.27. The third-order valence-corrected chi connectivity index (χ3v) is 5.69. The van der Waals surface area contributed by atoms with Crippen molar-refractivity contribution in [2.24, 2.45) is 0 Å². The van der Waals surface area contributed by atoms with Crippen LogP contribution in [0.4, 0.5) is 27.4 Å². The summed E-state index contributed by atoms with van der Waals surface area (Å²) in [4.78, 5) is 25.3. The van der Waals surface area contributed by atoms with E-state index in [1.54, 1.807) is 30.3 Å². The van der Waals surface area contributed by atoms with E-state index < -0.39 is 5.82 Å². The van der Waals surface area contributed by atoms with Crippen molar-refractivity contribution in [3.8, 4) is 11.3 Å². The summed E-state index contributed by atoms with van der Waals surface area (Å²) >= 11 is 5.91. The van der Waals surface area contributed by atoms with Gasteiger partial charge >= 0.3 is 0 Å². The Morgan fingerprint density at radius 1 is 1.13 bits per heavy atom. The van der Waals surface area contributed by atoms with Gasteiger partial charge in [0.15, 0.2) is 0 Å². The molecule has 0 saturated heterocycles. The first-order valence-electron chi connectivity index (χ1n) is 10.0. The molecular formula is C23H23ClFN5O. The lowest BCUT2D eigenvalue weighted by molar-refractivity contribution is -0.119. The fourth-order valence-electron chi connectivity index (χ4n) is 3.91. The zero-order valence-corrected chi connectivity index (χ0v) is 18.5. The van der Waals surface area contributed by atoms with Crippen molar-refractivity contribution in [2.75, 3.05) is 22.2 Å². The summed E-state index contributed by atoms with van der Waals surface area (Å²) in [6, 6.07) is 11.9. The van der Waals surface area contributed by atoms with Crippen molar-refractivity contribution in [2.45, 2.75) is 32.9 Å².